The summed E-state index contributed by atoms with van der Waals surface area (Å²) in [6.45, 7) is 6.47. The number of hydrogen-bond acceptors (Lipinski definition) is 10. The number of hydrogen-bond donors (Lipinski definition) is 4. The standard InChI is InChI=1S/C22H22N8O4/c1-3-11-33-17-9-7-14(8-10-17)19-18(25-29-30(19)21-20(23)27-34-28-21)22(32)26-24-13(2)15-5-4-6-16(31)12-15/h4-10,12,24,31H,2-3,11H2,1H3,(H2,23,27)(H,26,32). The maximum atomic E-state index is 13.0. The number of aromatic hydroxyl groups is 1. The van der Waals surface area contributed by atoms with Crippen molar-refractivity contribution >= 4 is 17.4 Å². The highest BCUT2D eigenvalue weighted by atomic mass is 16.6. The fourth-order valence-electron chi connectivity index (χ4n) is 3.07. The lowest BCUT2D eigenvalue weighted by atomic mass is 10.1. The van der Waals surface area contributed by atoms with Crippen molar-refractivity contribution in [3.05, 3.63) is 66.4 Å². The Hall–Kier alpha value is -4.87. The van der Waals surface area contributed by atoms with Crippen molar-refractivity contribution in [2.75, 3.05) is 12.3 Å². The van der Waals surface area contributed by atoms with E-state index in [1.807, 2.05) is 6.92 Å². The van der Waals surface area contributed by atoms with Crippen molar-refractivity contribution in [3.63, 3.8) is 0 Å². The topological polar surface area (TPSA) is 166 Å². The van der Waals surface area contributed by atoms with Crippen LogP contribution < -0.4 is 21.3 Å². The van der Waals surface area contributed by atoms with Crippen molar-refractivity contribution in [1.82, 2.24) is 36.2 Å². The summed E-state index contributed by atoms with van der Waals surface area (Å²) in [6, 6.07) is 13.5. The number of rotatable bonds is 9. The highest BCUT2D eigenvalue weighted by Gasteiger charge is 2.25. The molecule has 0 bridgehead atoms. The number of hydrazine groups is 1. The summed E-state index contributed by atoms with van der Waals surface area (Å²) in [5.41, 5.74) is 12.9. The molecule has 12 heteroatoms. The van der Waals surface area contributed by atoms with Gasteiger partial charge in [0.15, 0.2) is 5.69 Å². The van der Waals surface area contributed by atoms with E-state index in [-0.39, 0.29) is 23.1 Å². The van der Waals surface area contributed by atoms with Gasteiger partial charge in [-0.25, -0.2) is 4.63 Å². The first-order valence-electron chi connectivity index (χ1n) is 10.3. The summed E-state index contributed by atoms with van der Waals surface area (Å²) in [5.74, 6) is 0.231. The fourth-order valence-corrected chi connectivity index (χ4v) is 3.07. The quantitative estimate of drug-likeness (QED) is 0.271. The predicted octanol–water partition coefficient (Wildman–Crippen LogP) is 2.30. The van der Waals surface area contributed by atoms with E-state index < -0.39 is 5.91 Å². The van der Waals surface area contributed by atoms with Crippen LogP contribution in [0.25, 0.3) is 22.8 Å². The Morgan fingerprint density at radius 1 is 1.21 bits per heavy atom. The summed E-state index contributed by atoms with van der Waals surface area (Å²) in [4.78, 5) is 13.0. The van der Waals surface area contributed by atoms with E-state index >= 15 is 0 Å². The maximum absolute atomic E-state index is 13.0. The van der Waals surface area contributed by atoms with Crippen molar-refractivity contribution in [3.8, 4) is 28.6 Å². The van der Waals surface area contributed by atoms with Gasteiger partial charge in [0.1, 0.15) is 17.2 Å². The number of aromatic nitrogens is 5. The fraction of sp³-hybridized carbons (Fsp3) is 0.136. The third-order valence-corrected chi connectivity index (χ3v) is 4.70. The Morgan fingerprint density at radius 3 is 2.68 bits per heavy atom. The number of amides is 1. The van der Waals surface area contributed by atoms with Gasteiger partial charge in [-0.2, -0.15) is 4.68 Å². The first-order valence-corrected chi connectivity index (χ1v) is 10.3. The Labute approximate surface area is 194 Å². The highest BCUT2D eigenvalue weighted by molar-refractivity contribution is 5.98. The number of nitrogens with zero attached hydrogens (tertiary/aromatic N) is 5. The molecule has 34 heavy (non-hydrogen) atoms. The molecule has 5 N–H and O–H groups in total. The molecule has 0 fully saturated rings. The van der Waals surface area contributed by atoms with E-state index in [0.29, 0.717) is 34.9 Å². The normalized spacial score (nSPS) is 10.6. The van der Waals surface area contributed by atoms with Crippen LogP contribution in [0.3, 0.4) is 0 Å². The van der Waals surface area contributed by atoms with Crippen LogP contribution in [-0.4, -0.2) is 42.9 Å². The van der Waals surface area contributed by atoms with Crippen LogP contribution in [0.15, 0.2) is 59.7 Å². The zero-order chi connectivity index (χ0) is 24.1. The van der Waals surface area contributed by atoms with Gasteiger partial charge in [-0.3, -0.25) is 15.6 Å². The molecule has 0 radical (unpaired) electrons. The Morgan fingerprint density at radius 2 is 2.00 bits per heavy atom. The van der Waals surface area contributed by atoms with Crippen LogP contribution in [0.2, 0.25) is 0 Å². The number of anilines is 1. The molecule has 4 aromatic rings. The average Bonchev–Trinajstić information content (AvgIpc) is 3.47. The molecule has 12 nitrogen and oxygen atoms in total. The van der Waals surface area contributed by atoms with Crippen LogP contribution in [-0.2, 0) is 0 Å². The Kier molecular flexibility index (Phi) is 6.39. The number of nitrogen functional groups attached to an aromatic ring is 1. The predicted molar refractivity (Wildman–Crippen MR) is 123 cm³/mol. The lowest BCUT2D eigenvalue weighted by Crippen LogP contribution is -2.36. The van der Waals surface area contributed by atoms with Crippen LogP contribution in [0.4, 0.5) is 5.82 Å². The second kappa shape index (κ2) is 9.73. The molecule has 0 aliphatic carbocycles. The molecule has 4 rings (SSSR count). The minimum atomic E-state index is -0.594. The molecule has 2 heterocycles. The van der Waals surface area contributed by atoms with Crippen molar-refractivity contribution in [1.29, 1.82) is 0 Å². The van der Waals surface area contributed by atoms with Gasteiger partial charge in [0.05, 0.1) is 12.3 Å². The monoisotopic (exact) mass is 462 g/mol. The molecule has 2 aromatic carbocycles. The summed E-state index contributed by atoms with van der Waals surface area (Å²) < 4.78 is 11.6. The Bertz CT molecular complexity index is 1310. The third kappa shape index (κ3) is 4.65. The molecule has 174 valence electrons. The number of carbonyl (C=O) groups excluding carboxylic acids is 1. The molecule has 0 saturated carbocycles. The summed E-state index contributed by atoms with van der Waals surface area (Å²) in [6.07, 6.45) is 0.877. The van der Waals surface area contributed by atoms with E-state index in [2.05, 4.69) is 42.7 Å². The molecule has 0 saturated heterocycles. The van der Waals surface area contributed by atoms with Gasteiger partial charge in [-0.15, -0.1) is 5.10 Å². The molecule has 0 atom stereocenters. The van der Waals surface area contributed by atoms with Gasteiger partial charge in [0, 0.05) is 11.1 Å². The van der Waals surface area contributed by atoms with Crippen LogP contribution >= 0.6 is 0 Å². The largest absolute Gasteiger partial charge is 0.508 e. The minimum absolute atomic E-state index is 0.0131. The van der Waals surface area contributed by atoms with E-state index in [9.17, 15) is 9.90 Å². The Balaban J connectivity index is 1.63. The third-order valence-electron chi connectivity index (χ3n) is 4.70. The second-order valence-corrected chi connectivity index (χ2v) is 7.15. The summed E-state index contributed by atoms with van der Waals surface area (Å²) >= 11 is 0. The van der Waals surface area contributed by atoms with Crippen molar-refractivity contribution in [2.24, 2.45) is 0 Å². The molecule has 0 spiro atoms. The number of phenols is 1. The van der Waals surface area contributed by atoms with Crippen LogP contribution in [0.1, 0.15) is 29.4 Å². The number of benzene rings is 2. The zero-order valence-electron chi connectivity index (χ0n) is 18.2. The van der Waals surface area contributed by atoms with E-state index in [0.717, 1.165) is 6.42 Å². The van der Waals surface area contributed by atoms with Gasteiger partial charge in [0.2, 0.25) is 11.6 Å². The summed E-state index contributed by atoms with van der Waals surface area (Å²) in [5, 5.41) is 25.0. The molecule has 0 unspecified atom stereocenters. The van der Waals surface area contributed by atoms with Gasteiger partial charge >= 0.3 is 0 Å². The smallest absolute Gasteiger partial charge is 0.292 e. The SMILES string of the molecule is C=C(NNC(=O)c1nnn(-c2nonc2N)c1-c1ccc(OCCC)cc1)c1cccc(O)c1. The summed E-state index contributed by atoms with van der Waals surface area (Å²) in [7, 11) is 0. The average molecular weight is 462 g/mol. The number of phenolic OH excluding ortho intramolecular Hbond substituents is 1. The first-order chi connectivity index (χ1) is 16.5. The molecule has 0 aliphatic heterocycles. The molecule has 2 aromatic heterocycles. The lowest BCUT2D eigenvalue weighted by molar-refractivity contribution is 0.0938. The van der Waals surface area contributed by atoms with E-state index in [4.69, 9.17) is 10.5 Å². The number of carbonyl (C=O) groups is 1. The van der Waals surface area contributed by atoms with Crippen LogP contribution in [0, 0.1) is 0 Å². The lowest BCUT2D eigenvalue weighted by Gasteiger charge is -2.12. The molecular weight excluding hydrogens is 440 g/mol. The number of nitrogens with two attached hydrogens (primary N) is 1. The van der Waals surface area contributed by atoms with Gasteiger partial charge in [-0.05, 0) is 53.1 Å². The molecule has 1 amide bonds. The minimum Gasteiger partial charge on any atom is -0.508 e. The molecule has 0 aliphatic rings. The van der Waals surface area contributed by atoms with Gasteiger partial charge < -0.3 is 15.6 Å². The second-order valence-electron chi connectivity index (χ2n) is 7.15. The molecular formula is C22H22N8O4. The zero-order valence-corrected chi connectivity index (χ0v) is 18.2. The van der Waals surface area contributed by atoms with Gasteiger partial charge in [0.25, 0.3) is 5.91 Å². The van der Waals surface area contributed by atoms with Crippen LogP contribution in [0.5, 0.6) is 11.5 Å². The van der Waals surface area contributed by atoms with Gasteiger partial charge in [-0.1, -0.05) is 30.8 Å². The van der Waals surface area contributed by atoms with E-state index in [1.54, 1.807) is 36.4 Å². The number of ether oxygens (including phenoxy) is 1. The maximum Gasteiger partial charge on any atom is 0.292 e. The van der Waals surface area contributed by atoms with Crippen molar-refractivity contribution in [2.45, 2.75) is 13.3 Å². The van der Waals surface area contributed by atoms with E-state index in [1.165, 1.54) is 16.8 Å². The highest BCUT2D eigenvalue weighted by Crippen LogP contribution is 2.28. The van der Waals surface area contributed by atoms with Crippen molar-refractivity contribution < 1.29 is 19.3 Å². The number of nitrogens with one attached hydrogen (secondary N) is 2. The first kappa shape index (κ1) is 22.3.